The number of ether oxygens (including phenoxy) is 1. The molecule has 0 radical (unpaired) electrons. The maximum Gasteiger partial charge on any atom is 0.106 e. The van der Waals surface area contributed by atoms with Gasteiger partial charge >= 0.3 is 0 Å². The van der Waals surface area contributed by atoms with Gasteiger partial charge < -0.3 is 14.4 Å². The minimum absolute atomic E-state index is 0.255. The number of aliphatic hydroxyl groups excluding tert-OH is 1. The van der Waals surface area contributed by atoms with Crippen LogP contribution in [0.15, 0.2) is 24.3 Å². The normalized spacial score (nSPS) is 21.6. The maximum absolute atomic E-state index is 10.3. The summed E-state index contributed by atoms with van der Waals surface area (Å²) in [5, 5.41) is 10.3. The van der Waals surface area contributed by atoms with Crippen molar-refractivity contribution in [2.45, 2.75) is 26.0 Å². The van der Waals surface area contributed by atoms with Crippen molar-refractivity contribution in [3.63, 3.8) is 0 Å². The van der Waals surface area contributed by atoms with E-state index < -0.39 is 0 Å². The summed E-state index contributed by atoms with van der Waals surface area (Å²) in [4.78, 5) is 4.51. The second-order valence-electron chi connectivity index (χ2n) is 4.95. The average Bonchev–Trinajstić information content (AvgIpc) is 2.98. The maximum atomic E-state index is 10.3. The first kappa shape index (κ1) is 11.7. The fourth-order valence-corrected chi connectivity index (χ4v) is 2.62. The number of nitrogens with zero attached hydrogens (tertiary/aromatic N) is 2. The van der Waals surface area contributed by atoms with E-state index in [1.165, 1.54) is 0 Å². The lowest BCUT2D eigenvalue weighted by Gasteiger charge is -2.18. The van der Waals surface area contributed by atoms with Crippen LogP contribution in [0.2, 0.25) is 0 Å². The zero-order valence-electron chi connectivity index (χ0n) is 10.5. The monoisotopic (exact) mass is 246 g/mol. The summed E-state index contributed by atoms with van der Waals surface area (Å²) in [5.41, 5.74) is 2.08. The Morgan fingerprint density at radius 1 is 1.50 bits per heavy atom. The molecule has 3 rings (SSSR count). The molecule has 1 N–H and O–H groups in total. The fraction of sp³-hybridized carbons (Fsp3) is 0.500. The summed E-state index contributed by atoms with van der Waals surface area (Å²) < 4.78 is 7.43. The molecule has 2 aromatic rings. The molecule has 96 valence electrons. The van der Waals surface area contributed by atoms with Crippen molar-refractivity contribution >= 4 is 11.0 Å². The Morgan fingerprint density at radius 2 is 2.33 bits per heavy atom. The van der Waals surface area contributed by atoms with E-state index in [0.29, 0.717) is 13.2 Å². The molecule has 1 aliphatic rings. The van der Waals surface area contributed by atoms with E-state index in [2.05, 4.69) is 9.55 Å². The van der Waals surface area contributed by atoms with E-state index in [1.807, 2.05) is 31.2 Å². The van der Waals surface area contributed by atoms with Gasteiger partial charge in [0.1, 0.15) is 5.82 Å². The number of fused-ring (bicyclic) bond motifs is 1. The lowest BCUT2D eigenvalue weighted by atomic mass is 10.0. The standard InChI is InChI=1S/C14H18N2O2/c1-10-15-12-4-2-3-5-13(12)16(10)8-14(17)11-6-7-18-9-11/h2-5,11,14,17H,6-9H2,1H3. The number of imidazole rings is 1. The second-order valence-corrected chi connectivity index (χ2v) is 4.95. The Labute approximate surface area is 106 Å². The third kappa shape index (κ3) is 2.02. The van der Waals surface area contributed by atoms with Gasteiger partial charge in [-0.2, -0.15) is 0 Å². The Hall–Kier alpha value is -1.39. The SMILES string of the molecule is Cc1nc2ccccc2n1CC(O)C1CCOC1. The van der Waals surface area contributed by atoms with Crippen LogP contribution in [0.5, 0.6) is 0 Å². The van der Waals surface area contributed by atoms with Gasteiger partial charge in [-0.1, -0.05) is 12.1 Å². The Bertz CT molecular complexity index is 544. The van der Waals surface area contributed by atoms with Crippen LogP contribution in [0.25, 0.3) is 11.0 Å². The van der Waals surface area contributed by atoms with Crippen LogP contribution in [0.4, 0.5) is 0 Å². The topological polar surface area (TPSA) is 47.3 Å². The first-order valence-electron chi connectivity index (χ1n) is 6.43. The summed E-state index contributed by atoms with van der Waals surface area (Å²) >= 11 is 0. The number of hydrogen-bond donors (Lipinski definition) is 1. The van der Waals surface area contributed by atoms with E-state index in [1.54, 1.807) is 0 Å². The Balaban J connectivity index is 1.87. The minimum atomic E-state index is -0.358. The van der Waals surface area contributed by atoms with Gasteiger partial charge in [0.25, 0.3) is 0 Å². The summed E-state index contributed by atoms with van der Waals surface area (Å²) in [6.45, 7) is 4.02. The number of aliphatic hydroxyl groups is 1. The van der Waals surface area contributed by atoms with Gasteiger partial charge in [-0.05, 0) is 25.5 Å². The zero-order valence-corrected chi connectivity index (χ0v) is 10.5. The molecule has 2 unspecified atom stereocenters. The van der Waals surface area contributed by atoms with E-state index in [9.17, 15) is 5.11 Å². The summed E-state index contributed by atoms with van der Waals surface area (Å²) in [5.74, 6) is 1.21. The van der Waals surface area contributed by atoms with Crippen LogP contribution < -0.4 is 0 Å². The van der Waals surface area contributed by atoms with E-state index in [-0.39, 0.29) is 12.0 Å². The molecule has 1 aromatic heterocycles. The Kier molecular flexibility index (Phi) is 3.06. The number of hydrogen-bond acceptors (Lipinski definition) is 3. The highest BCUT2D eigenvalue weighted by Gasteiger charge is 2.25. The summed E-state index contributed by atoms with van der Waals surface area (Å²) in [7, 11) is 0. The van der Waals surface area contributed by atoms with Gasteiger partial charge in [0.15, 0.2) is 0 Å². The molecule has 0 aliphatic carbocycles. The quantitative estimate of drug-likeness (QED) is 0.897. The molecule has 1 aromatic carbocycles. The van der Waals surface area contributed by atoms with Crippen LogP contribution >= 0.6 is 0 Å². The molecular weight excluding hydrogens is 228 g/mol. The molecule has 1 fully saturated rings. The van der Waals surface area contributed by atoms with E-state index in [0.717, 1.165) is 29.9 Å². The van der Waals surface area contributed by atoms with E-state index in [4.69, 9.17) is 4.74 Å². The smallest absolute Gasteiger partial charge is 0.106 e. The largest absolute Gasteiger partial charge is 0.391 e. The van der Waals surface area contributed by atoms with Gasteiger partial charge in [-0.3, -0.25) is 0 Å². The van der Waals surface area contributed by atoms with Crippen molar-refractivity contribution < 1.29 is 9.84 Å². The third-order valence-electron chi connectivity index (χ3n) is 3.72. The van der Waals surface area contributed by atoms with Gasteiger partial charge in [0, 0.05) is 12.5 Å². The number of para-hydroxylation sites is 2. The minimum Gasteiger partial charge on any atom is -0.391 e. The molecule has 2 heterocycles. The van der Waals surface area contributed by atoms with Crippen molar-refractivity contribution in [2.75, 3.05) is 13.2 Å². The number of aromatic nitrogens is 2. The third-order valence-corrected chi connectivity index (χ3v) is 3.72. The van der Waals surface area contributed by atoms with Crippen LogP contribution in [0.3, 0.4) is 0 Å². The lowest BCUT2D eigenvalue weighted by Crippen LogP contribution is -2.26. The molecule has 1 aliphatic heterocycles. The summed E-state index contributed by atoms with van der Waals surface area (Å²) in [6.07, 6.45) is 0.594. The highest BCUT2D eigenvalue weighted by Crippen LogP contribution is 2.21. The zero-order chi connectivity index (χ0) is 12.5. The molecule has 0 bridgehead atoms. The molecule has 0 spiro atoms. The van der Waals surface area contributed by atoms with Gasteiger partial charge in [0.05, 0.1) is 30.3 Å². The molecule has 18 heavy (non-hydrogen) atoms. The van der Waals surface area contributed by atoms with Crippen molar-refractivity contribution in [3.8, 4) is 0 Å². The van der Waals surface area contributed by atoms with Crippen LogP contribution in [0, 0.1) is 12.8 Å². The fourth-order valence-electron chi connectivity index (χ4n) is 2.62. The van der Waals surface area contributed by atoms with Crippen molar-refractivity contribution in [1.29, 1.82) is 0 Å². The molecule has 1 saturated heterocycles. The first-order valence-corrected chi connectivity index (χ1v) is 6.43. The second kappa shape index (κ2) is 4.71. The highest BCUT2D eigenvalue weighted by molar-refractivity contribution is 5.75. The number of aryl methyl sites for hydroxylation is 1. The molecule has 0 amide bonds. The summed E-state index contributed by atoms with van der Waals surface area (Å²) in [6, 6.07) is 8.04. The molecular formula is C14H18N2O2. The van der Waals surface area contributed by atoms with Crippen LogP contribution in [0.1, 0.15) is 12.2 Å². The lowest BCUT2D eigenvalue weighted by molar-refractivity contribution is 0.0782. The molecule has 4 heteroatoms. The number of rotatable bonds is 3. The highest BCUT2D eigenvalue weighted by atomic mass is 16.5. The molecule has 4 nitrogen and oxygen atoms in total. The van der Waals surface area contributed by atoms with Crippen molar-refractivity contribution in [1.82, 2.24) is 9.55 Å². The predicted octanol–water partition coefficient (Wildman–Crippen LogP) is 1.74. The predicted molar refractivity (Wildman–Crippen MR) is 69.4 cm³/mol. The number of benzene rings is 1. The van der Waals surface area contributed by atoms with E-state index >= 15 is 0 Å². The van der Waals surface area contributed by atoms with Crippen molar-refractivity contribution in [2.24, 2.45) is 5.92 Å². The average molecular weight is 246 g/mol. The van der Waals surface area contributed by atoms with Crippen LogP contribution in [-0.4, -0.2) is 34.0 Å². The molecule has 0 saturated carbocycles. The Morgan fingerprint density at radius 3 is 3.11 bits per heavy atom. The molecule has 2 atom stereocenters. The van der Waals surface area contributed by atoms with Crippen molar-refractivity contribution in [3.05, 3.63) is 30.1 Å². The van der Waals surface area contributed by atoms with Gasteiger partial charge in [-0.15, -0.1) is 0 Å². The van der Waals surface area contributed by atoms with Gasteiger partial charge in [0.2, 0.25) is 0 Å². The first-order chi connectivity index (χ1) is 8.75. The van der Waals surface area contributed by atoms with Crippen LogP contribution in [-0.2, 0) is 11.3 Å². The van der Waals surface area contributed by atoms with Gasteiger partial charge in [-0.25, -0.2) is 4.98 Å².